The summed E-state index contributed by atoms with van der Waals surface area (Å²) in [6, 6.07) is 8.61. The van der Waals surface area contributed by atoms with Crippen LogP contribution in [0, 0.1) is 0 Å². The van der Waals surface area contributed by atoms with Gasteiger partial charge >= 0.3 is 0 Å². The number of benzene rings is 1. The molecule has 0 bridgehead atoms. The number of carbonyl (C=O) groups is 3. The second-order valence-corrected chi connectivity index (χ2v) is 5.89. The van der Waals surface area contributed by atoms with E-state index in [9.17, 15) is 14.4 Å². The third kappa shape index (κ3) is 3.74. The molecule has 2 aromatic rings. The van der Waals surface area contributed by atoms with Crippen molar-refractivity contribution in [3.63, 3.8) is 0 Å². The Hall–Kier alpha value is -3.42. The standard InChI is InChI=1S/C19H19N3O5/c1-26-14-6-5-12(10-15(14)27-2)7-9-20-16(23)11-22-18(24)13-4-3-8-21-17(13)19(22)25/h3-6,8,10H,7,9,11H2,1-2H3,(H,20,23). The smallest absolute Gasteiger partial charge is 0.280 e. The maximum absolute atomic E-state index is 12.2. The van der Waals surface area contributed by atoms with E-state index in [1.54, 1.807) is 26.4 Å². The summed E-state index contributed by atoms with van der Waals surface area (Å²) in [5.74, 6) is -0.224. The molecule has 0 radical (unpaired) electrons. The van der Waals surface area contributed by atoms with E-state index < -0.39 is 17.7 Å². The average molecular weight is 369 g/mol. The number of rotatable bonds is 7. The van der Waals surface area contributed by atoms with Crippen LogP contribution in [0.2, 0.25) is 0 Å². The van der Waals surface area contributed by atoms with E-state index in [-0.39, 0.29) is 17.8 Å². The molecule has 0 saturated carbocycles. The van der Waals surface area contributed by atoms with Crippen molar-refractivity contribution in [2.24, 2.45) is 0 Å². The highest BCUT2D eigenvalue weighted by Gasteiger charge is 2.37. The van der Waals surface area contributed by atoms with E-state index in [2.05, 4.69) is 10.3 Å². The van der Waals surface area contributed by atoms with Crippen LogP contribution in [0.4, 0.5) is 0 Å². The summed E-state index contributed by atoms with van der Waals surface area (Å²) in [5, 5.41) is 2.71. The minimum Gasteiger partial charge on any atom is -0.493 e. The van der Waals surface area contributed by atoms with Crippen LogP contribution < -0.4 is 14.8 Å². The predicted octanol–water partition coefficient (Wildman–Crippen LogP) is 1.05. The Morgan fingerprint density at radius 1 is 1.11 bits per heavy atom. The maximum atomic E-state index is 12.2. The van der Waals surface area contributed by atoms with Crippen molar-refractivity contribution in [1.29, 1.82) is 0 Å². The summed E-state index contributed by atoms with van der Waals surface area (Å²) < 4.78 is 10.4. The minimum atomic E-state index is -0.550. The molecule has 0 fully saturated rings. The Labute approximate surface area is 156 Å². The molecule has 1 N–H and O–H groups in total. The molecule has 1 aliphatic heterocycles. The molecule has 3 rings (SSSR count). The first-order chi connectivity index (χ1) is 13.0. The van der Waals surface area contributed by atoms with Crippen LogP contribution in [0.3, 0.4) is 0 Å². The van der Waals surface area contributed by atoms with Gasteiger partial charge in [0.05, 0.1) is 19.8 Å². The molecule has 0 spiro atoms. The van der Waals surface area contributed by atoms with Crippen LogP contribution in [0.1, 0.15) is 26.4 Å². The molecule has 8 nitrogen and oxygen atoms in total. The first-order valence-corrected chi connectivity index (χ1v) is 8.34. The molecule has 8 heteroatoms. The van der Waals surface area contributed by atoms with Crippen molar-refractivity contribution in [2.45, 2.75) is 6.42 Å². The van der Waals surface area contributed by atoms with Crippen LogP contribution in [0.15, 0.2) is 36.5 Å². The summed E-state index contributed by atoms with van der Waals surface area (Å²) in [6.45, 7) is 0.0235. The van der Waals surface area contributed by atoms with Crippen LogP contribution in [-0.2, 0) is 11.2 Å². The lowest BCUT2D eigenvalue weighted by Crippen LogP contribution is -2.40. The normalized spacial score (nSPS) is 12.7. The van der Waals surface area contributed by atoms with Crippen molar-refractivity contribution in [2.75, 3.05) is 27.3 Å². The Bertz CT molecular complexity index is 862. The number of methoxy groups -OCH3 is 2. The molecule has 0 atom stereocenters. The highest BCUT2D eigenvalue weighted by Crippen LogP contribution is 2.27. The summed E-state index contributed by atoms with van der Waals surface area (Å²) >= 11 is 0. The maximum Gasteiger partial charge on any atom is 0.280 e. The van der Waals surface area contributed by atoms with Gasteiger partial charge in [0.1, 0.15) is 12.2 Å². The number of nitrogens with zero attached hydrogens (tertiary/aromatic N) is 2. The largest absolute Gasteiger partial charge is 0.493 e. The minimum absolute atomic E-state index is 0.0839. The molecule has 140 valence electrons. The lowest BCUT2D eigenvalue weighted by atomic mass is 10.1. The van der Waals surface area contributed by atoms with Gasteiger partial charge in [0, 0.05) is 12.7 Å². The van der Waals surface area contributed by atoms with Gasteiger partial charge in [0.25, 0.3) is 11.8 Å². The van der Waals surface area contributed by atoms with Crippen molar-refractivity contribution in [3.8, 4) is 11.5 Å². The van der Waals surface area contributed by atoms with Crippen molar-refractivity contribution in [1.82, 2.24) is 15.2 Å². The second-order valence-electron chi connectivity index (χ2n) is 5.89. The van der Waals surface area contributed by atoms with Gasteiger partial charge < -0.3 is 14.8 Å². The number of hydrogen-bond acceptors (Lipinski definition) is 6. The van der Waals surface area contributed by atoms with Crippen molar-refractivity contribution < 1.29 is 23.9 Å². The quantitative estimate of drug-likeness (QED) is 0.733. The molecule has 0 saturated heterocycles. The van der Waals surface area contributed by atoms with Gasteiger partial charge in [-0.3, -0.25) is 24.3 Å². The van der Waals surface area contributed by atoms with Gasteiger partial charge in [-0.25, -0.2) is 0 Å². The van der Waals surface area contributed by atoms with Gasteiger partial charge in [0.15, 0.2) is 11.5 Å². The number of carbonyl (C=O) groups excluding carboxylic acids is 3. The SMILES string of the molecule is COc1ccc(CCNC(=O)CN2C(=O)c3cccnc3C2=O)cc1OC. The summed E-state index contributed by atoms with van der Waals surface area (Å²) in [4.78, 5) is 41.4. The molecule has 2 heterocycles. The number of aromatic nitrogens is 1. The number of fused-ring (bicyclic) bond motifs is 1. The van der Waals surface area contributed by atoms with Gasteiger partial charge in [-0.15, -0.1) is 0 Å². The van der Waals surface area contributed by atoms with Gasteiger partial charge in [-0.1, -0.05) is 6.07 Å². The summed E-state index contributed by atoms with van der Waals surface area (Å²) in [6.07, 6.45) is 2.01. The van der Waals surface area contributed by atoms with Gasteiger partial charge in [-0.2, -0.15) is 0 Å². The van der Waals surface area contributed by atoms with Gasteiger partial charge in [0.2, 0.25) is 5.91 Å². The zero-order valence-corrected chi connectivity index (χ0v) is 15.0. The number of pyridine rings is 1. The number of amides is 3. The third-order valence-corrected chi connectivity index (χ3v) is 4.22. The van der Waals surface area contributed by atoms with E-state index >= 15 is 0 Å². The molecular weight excluding hydrogens is 350 g/mol. The summed E-state index contributed by atoms with van der Waals surface area (Å²) in [5.41, 5.74) is 1.26. The monoisotopic (exact) mass is 369 g/mol. The number of nitrogens with one attached hydrogen (secondary N) is 1. The second kappa shape index (κ2) is 7.86. The molecule has 1 aromatic heterocycles. The molecule has 0 aliphatic carbocycles. The molecule has 0 unspecified atom stereocenters. The van der Waals surface area contributed by atoms with E-state index in [4.69, 9.17) is 9.47 Å². The highest BCUT2D eigenvalue weighted by molar-refractivity contribution is 6.21. The third-order valence-electron chi connectivity index (χ3n) is 4.22. The zero-order valence-electron chi connectivity index (χ0n) is 15.0. The fraction of sp³-hybridized carbons (Fsp3) is 0.263. The number of ether oxygens (including phenoxy) is 2. The molecule has 3 amide bonds. The van der Waals surface area contributed by atoms with E-state index in [1.807, 2.05) is 12.1 Å². The first-order valence-electron chi connectivity index (χ1n) is 8.34. The van der Waals surface area contributed by atoms with Crippen LogP contribution in [-0.4, -0.2) is 54.9 Å². The number of imide groups is 1. The fourth-order valence-electron chi connectivity index (χ4n) is 2.84. The average Bonchev–Trinajstić information content (AvgIpc) is 2.93. The van der Waals surface area contributed by atoms with Crippen LogP contribution in [0.25, 0.3) is 0 Å². The summed E-state index contributed by atoms with van der Waals surface area (Å²) in [7, 11) is 3.12. The van der Waals surface area contributed by atoms with Crippen LogP contribution >= 0.6 is 0 Å². The Balaban J connectivity index is 1.54. The van der Waals surface area contributed by atoms with E-state index in [0.717, 1.165) is 10.5 Å². The van der Waals surface area contributed by atoms with Gasteiger partial charge in [-0.05, 0) is 36.2 Å². The van der Waals surface area contributed by atoms with Crippen molar-refractivity contribution >= 4 is 17.7 Å². The lowest BCUT2D eigenvalue weighted by Gasteiger charge is -2.13. The number of hydrogen-bond donors (Lipinski definition) is 1. The Morgan fingerprint density at radius 2 is 1.89 bits per heavy atom. The molecule has 1 aromatic carbocycles. The molecular formula is C19H19N3O5. The van der Waals surface area contributed by atoms with E-state index in [1.165, 1.54) is 12.3 Å². The fourth-order valence-corrected chi connectivity index (χ4v) is 2.84. The first kappa shape index (κ1) is 18.4. The highest BCUT2D eigenvalue weighted by atomic mass is 16.5. The lowest BCUT2D eigenvalue weighted by molar-refractivity contribution is -0.121. The Morgan fingerprint density at radius 3 is 2.59 bits per heavy atom. The zero-order chi connectivity index (χ0) is 19.4. The predicted molar refractivity (Wildman–Crippen MR) is 95.9 cm³/mol. The molecule has 1 aliphatic rings. The van der Waals surface area contributed by atoms with Crippen molar-refractivity contribution in [3.05, 3.63) is 53.3 Å². The van der Waals surface area contributed by atoms with E-state index in [0.29, 0.717) is 24.5 Å². The molecule has 27 heavy (non-hydrogen) atoms. The Kier molecular flexibility index (Phi) is 5.35. The topological polar surface area (TPSA) is 97.8 Å². The van der Waals surface area contributed by atoms with Crippen LogP contribution in [0.5, 0.6) is 11.5 Å².